The second-order valence-electron chi connectivity index (χ2n) is 5.66. The van der Waals surface area contributed by atoms with Gasteiger partial charge in [0.05, 0.1) is 13.2 Å². The summed E-state index contributed by atoms with van der Waals surface area (Å²) in [6.45, 7) is 2.63. The van der Waals surface area contributed by atoms with E-state index in [1.54, 1.807) is 7.11 Å². The molecular formula is C16H24N3O3+. The lowest BCUT2D eigenvalue weighted by atomic mass is 10.1. The van der Waals surface area contributed by atoms with E-state index in [0.717, 1.165) is 30.7 Å². The molecule has 0 spiro atoms. The number of imide groups is 1. The van der Waals surface area contributed by atoms with Gasteiger partial charge in [0, 0.05) is 25.5 Å². The molecule has 6 nitrogen and oxygen atoms in total. The van der Waals surface area contributed by atoms with Crippen LogP contribution in [0.5, 0.6) is 5.75 Å². The Morgan fingerprint density at radius 2 is 1.95 bits per heavy atom. The van der Waals surface area contributed by atoms with Gasteiger partial charge in [0.25, 0.3) is 5.91 Å². The molecule has 1 aliphatic rings. The van der Waals surface area contributed by atoms with E-state index in [-0.39, 0.29) is 11.9 Å². The van der Waals surface area contributed by atoms with Crippen LogP contribution in [0.4, 0.5) is 4.79 Å². The van der Waals surface area contributed by atoms with Crippen molar-refractivity contribution < 1.29 is 19.2 Å². The van der Waals surface area contributed by atoms with Crippen LogP contribution in [0.2, 0.25) is 0 Å². The molecule has 0 aromatic heterocycles. The number of rotatable bonds is 6. The van der Waals surface area contributed by atoms with Crippen molar-refractivity contribution in [1.82, 2.24) is 10.6 Å². The monoisotopic (exact) mass is 306 g/mol. The van der Waals surface area contributed by atoms with E-state index >= 15 is 0 Å². The molecule has 1 saturated carbocycles. The van der Waals surface area contributed by atoms with Gasteiger partial charge in [-0.15, -0.1) is 0 Å². The van der Waals surface area contributed by atoms with Crippen LogP contribution < -0.4 is 20.3 Å². The van der Waals surface area contributed by atoms with Crippen LogP contribution in [-0.2, 0) is 11.3 Å². The first-order valence-corrected chi connectivity index (χ1v) is 7.56. The summed E-state index contributed by atoms with van der Waals surface area (Å²) in [5.74, 6) is 0.580. The zero-order valence-electron chi connectivity index (χ0n) is 13.3. The largest absolute Gasteiger partial charge is 0.497 e. The number of benzene rings is 1. The average molecular weight is 306 g/mol. The second kappa shape index (κ2) is 7.26. The zero-order chi connectivity index (χ0) is 16.1. The first kappa shape index (κ1) is 16.3. The Kier molecular flexibility index (Phi) is 5.38. The van der Waals surface area contributed by atoms with Crippen molar-refractivity contribution in [1.29, 1.82) is 0 Å². The van der Waals surface area contributed by atoms with Crippen LogP contribution in [0.25, 0.3) is 0 Å². The third-order valence-corrected chi connectivity index (χ3v) is 4.08. The Hall–Kier alpha value is -2.08. The SMILES string of the molecule is CNC(=O)NC(=O)[C@H](C)[NH+](Cc1ccc(OC)cc1)C1CC1. The van der Waals surface area contributed by atoms with Crippen molar-refractivity contribution in [2.24, 2.45) is 0 Å². The van der Waals surface area contributed by atoms with E-state index in [1.807, 2.05) is 31.2 Å². The molecule has 2 rings (SSSR count). The molecule has 2 atom stereocenters. The van der Waals surface area contributed by atoms with Crippen molar-refractivity contribution in [3.8, 4) is 5.75 Å². The lowest BCUT2D eigenvalue weighted by Crippen LogP contribution is -3.16. The van der Waals surface area contributed by atoms with Gasteiger partial charge in [0.1, 0.15) is 12.3 Å². The molecule has 1 fully saturated rings. The molecule has 0 radical (unpaired) electrons. The minimum absolute atomic E-state index is 0.241. The number of hydrogen-bond donors (Lipinski definition) is 3. The summed E-state index contributed by atoms with van der Waals surface area (Å²) in [4.78, 5) is 24.7. The highest BCUT2D eigenvalue weighted by atomic mass is 16.5. The van der Waals surface area contributed by atoms with Crippen LogP contribution in [0.1, 0.15) is 25.3 Å². The molecule has 0 aliphatic heterocycles. The van der Waals surface area contributed by atoms with Gasteiger partial charge in [0.15, 0.2) is 6.04 Å². The van der Waals surface area contributed by atoms with Gasteiger partial charge in [-0.1, -0.05) is 0 Å². The highest BCUT2D eigenvalue weighted by molar-refractivity contribution is 5.96. The number of amides is 3. The predicted molar refractivity (Wildman–Crippen MR) is 82.7 cm³/mol. The Morgan fingerprint density at radius 1 is 1.32 bits per heavy atom. The van der Waals surface area contributed by atoms with Gasteiger partial charge >= 0.3 is 6.03 Å². The normalized spacial score (nSPS) is 16.5. The summed E-state index contributed by atoms with van der Waals surface area (Å²) in [5.41, 5.74) is 1.15. The Bertz CT molecular complexity index is 526. The lowest BCUT2D eigenvalue weighted by Gasteiger charge is -2.25. The van der Waals surface area contributed by atoms with E-state index in [9.17, 15) is 9.59 Å². The van der Waals surface area contributed by atoms with Crippen molar-refractivity contribution in [3.63, 3.8) is 0 Å². The van der Waals surface area contributed by atoms with Crippen molar-refractivity contribution in [2.75, 3.05) is 14.2 Å². The molecule has 120 valence electrons. The number of carbonyl (C=O) groups excluding carboxylic acids is 2. The van der Waals surface area contributed by atoms with Gasteiger partial charge in [-0.3, -0.25) is 10.1 Å². The maximum atomic E-state index is 12.2. The van der Waals surface area contributed by atoms with E-state index in [0.29, 0.717) is 6.04 Å². The third kappa shape index (κ3) is 4.21. The third-order valence-electron chi connectivity index (χ3n) is 4.08. The van der Waals surface area contributed by atoms with Crippen LogP contribution in [0.15, 0.2) is 24.3 Å². The predicted octanol–water partition coefficient (Wildman–Crippen LogP) is 0.0866. The smallest absolute Gasteiger partial charge is 0.321 e. The molecule has 3 amide bonds. The van der Waals surface area contributed by atoms with Crippen LogP contribution >= 0.6 is 0 Å². The van der Waals surface area contributed by atoms with Crippen molar-refractivity contribution in [3.05, 3.63) is 29.8 Å². The maximum Gasteiger partial charge on any atom is 0.321 e. The van der Waals surface area contributed by atoms with E-state index < -0.39 is 6.03 Å². The first-order chi connectivity index (χ1) is 10.5. The lowest BCUT2D eigenvalue weighted by molar-refractivity contribution is -0.938. The summed E-state index contributed by atoms with van der Waals surface area (Å²) in [6, 6.07) is 7.65. The average Bonchev–Trinajstić information content (AvgIpc) is 3.37. The fraction of sp³-hybridized carbons (Fsp3) is 0.500. The number of hydrogen-bond acceptors (Lipinski definition) is 3. The molecular weight excluding hydrogens is 282 g/mol. The molecule has 3 N–H and O–H groups in total. The maximum absolute atomic E-state index is 12.2. The molecule has 6 heteroatoms. The minimum atomic E-state index is -0.462. The first-order valence-electron chi connectivity index (χ1n) is 7.56. The summed E-state index contributed by atoms with van der Waals surface area (Å²) >= 11 is 0. The Balaban J connectivity index is 2.02. The fourth-order valence-electron chi connectivity index (χ4n) is 2.54. The quantitative estimate of drug-likeness (QED) is 0.697. The summed E-state index contributed by atoms with van der Waals surface area (Å²) < 4.78 is 5.16. The zero-order valence-corrected chi connectivity index (χ0v) is 13.3. The standard InChI is InChI=1S/C16H23N3O3/c1-11(15(20)18-16(21)17-2)19(13-6-7-13)10-12-4-8-14(22-3)9-5-12/h4-5,8-9,11,13H,6-7,10H2,1-3H3,(H2,17,18,20,21)/p+1/t11-/m0/s1. The highest BCUT2D eigenvalue weighted by Gasteiger charge is 2.39. The highest BCUT2D eigenvalue weighted by Crippen LogP contribution is 2.17. The number of ether oxygens (including phenoxy) is 1. The summed E-state index contributed by atoms with van der Waals surface area (Å²) in [5, 5.41) is 4.77. The number of nitrogens with one attached hydrogen (secondary N) is 3. The molecule has 0 bridgehead atoms. The van der Waals surface area contributed by atoms with Crippen molar-refractivity contribution >= 4 is 11.9 Å². The van der Waals surface area contributed by atoms with Gasteiger partial charge < -0.3 is 15.0 Å². The number of quaternary nitrogens is 1. The van der Waals surface area contributed by atoms with Gasteiger partial charge in [-0.2, -0.15) is 0 Å². The van der Waals surface area contributed by atoms with Crippen LogP contribution in [0.3, 0.4) is 0 Å². The molecule has 1 aromatic rings. The molecule has 1 aliphatic carbocycles. The van der Waals surface area contributed by atoms with Gasteiger partial charge in [-0.25, -0.2) is 4.79 Å². The Labute approximate surface area is 130 Å². The minimum Gasteiger partial charge on any atom is -0.497 e. The summed E-state index contributed by atoms with van der Waals surface area (Å²) in [7, 11) is 3.14. The number of methoxy groups -OCH3 is 1. The molecule has 0 saturated heterocycles. The van der Waals surface area contributed by atoms with Crippen molar-refractivity contribution in [2.45, 2.75) is 38.4 Å². The molecule has 1 aromatic carbocycles. The topological polar surface area (TPSA) is 71.9 Å². The fourth-order valence-corrected chi connectivity index (χ4v) is 2.54. The van der Waals surface area contributed by atoms with Crippen LogP contribution in [0, 0.1) is 0 Å². The second-order valence-corrected chi connectivity index (χ2v) is 5.66. The van der Waals surface area contributed by atoms with Gasteiger partial charge in [0.2, 0.25) is 0 Å². The number of urea groups is 1. The molecule has 0 heterocycles. The Morgan fingerprint density at radius 3 is 2.45 bits per heavy atom. The molecule has 1 unspecified atom stereocenters. The van der Waals surface area contributed by atoms with Gasteiger partial charge in [-0.05, 0) is 31.2 Å². The summed E-state index contributed by atoms with van der Waals surface area (Å²) in [6.07, 6.45) is 2.26. The van der Waals surface area contributed by atoms with E-state index in [4.69, 9.17) is 4.74 Å². The number of carbonyl (C=O) groups is 2. The molecule has 22 heavy (non-hydrogen) atoms. The van der Waals surface area contributed by atoms with Crippen LogP contribution in [-0.4, -0.2) is 38.2 Å². The van der Waals surface area contributed by atoms with E-state index in [2.05, 4.69) is 10.6 Å². The van der Waals surface area contributed by atoms with E-state index in [1.165, 1.54) is 11.9 Å².